The molecular formula is C12H20ClN3O. The molecule has 0 unspecified atom stereocenters. The summed E-state index contributed by atoms with van der Waals surface area (Å²) < 4.78 is 5.67. The van der Waals surface area contributed by atoms with Crippen LogP contribution in [0, 0.1) is 0 Å². The summed E-state index contributed by atoms with van der Waals surface area (Å²) in [6, 6.07) is 0. The molecule has 0 spiro atoms. The molecule has 1 aromatic rings. The van der Waals surface area contributed by atoms with Gasteiger partial charge < -0.3 is 9.64 Å². The Morgan fingerprint density at radius 1 is 1.24 bits per heavy atom. The van der Waals surface area contributed by atoms with Gasteiger partial charge in [0.2, 0.25) is 5.88 Å². The second-order valence-electron chi connectivity index (χ2n) is 3.68. The van der Waals surface area contributed by atoms with Gasteiger partial charge in [-0.15, -0.1) is 0 Å². The van der Waals surface area contributed by atoms with E-state index in [4.69, 9.17) is 16.3 Å². The van der Waals surface area contributed by atoms with Crippen molar-refractivity contribution in [2.75, 3.05) is 26.2 Å². The van der Waals surface area contributed by atoms with E-state index in [0.29, 0.717) is 17.6 Å². The van der Waals surface area contributed by atoms with Gasteiger partial charge in [0, 0.05) is 6.54 Å². The quantitative estimate of drug-likeness (QED) is 0.703. The Hall–Kier alpha value is -0.870. The smallest absolute Gasteiger partial charge is 0.221 e. The monoisotopic (exact) mass is 257 g/mol. The Morgan fingerprint density at radius 3 is 2.53 bits per heavy atom. The van der Waals surface area contributed by atoms with Crippen molar-refractivity contribution in [3.63, 3.8) is 0 Å². The Balaban J connectivity index is 2.54. The van der Waals surface area contributed by atoms with Crippen molar-refractivity contribution in [3.05, 3.63) is 17.0 Å². The maximum atomic E-state index is 5.98. The summed E-state index contributed by atoms with van der Waals surface area (Å²) >= 11 is 5.98. The van der Waals surface area contributed by atoms with Crippen molar-refractivity contribution in [2.24, 2.45) is 0 Å². The molecule has 0 aliphatic heterocycles. The first-order valence-corrected chi connectivity index (χ1v) is 6.45. The van der Waals surface area contributed by atoms with Gasteiger partial charge >= 0.3 is 0 Å². The van der Waals surface area contributed by atoms with E-state index in [1.54, 1.807) is 0 Å². The lowest BCUT2D eigenvalue weighted by Crippen LogP contribution is -2.28. The van der Waals surface area contributed by atoms with Crippen LogP contribution in [0.1, 0.15) is 26.3 Å². The highest BCUT2D eigenvalue weighted by molar-refractivity contribution is 6.30. The minimum Gasteiger partial charge on any atom is -0.476 e. The van der Waals surface area contributed by atoms with Crippen LogP contribution in [0.4, 0.5) is 0 Å². The van der Waals surface area contributed by atoms with Crippen molar-refractivity contribution < 1.29 is 4.74 Å². The molecule has 1 aromatic heterocycles. The third kappa shape index (κ3) is 4.13. The molecule has 1 rings (SSSR count). The number of halogens is 1. The average molecular weight is 258 g/mol. The summed E-state index contributed by atoms with van der Waals surface area (Å²) in [5.41, 5.74) is 0.883. The van der Waals surface area contributed by atoms with Crippen LogP contribution in [-0.4, -0.2) is 41.1 Å². The normalized spacial score (nSPS) is 10.9. The zero-order valence-electron chi connectivity index (χ0n) is 10.7. The molecule has 0 aliphatic rings. The predicted octanol–water partition coefficient (Wildman–Crippen LogP) is 2.41. The van der Waals surface area contributed by atoms with Gasteiger partial charge in [-0.3, -0.25) is 0 Å². The Bertz CT molecular complexity index is 343. The van der Waals surface area contributed by atoms with E-state index in [9.17, 15) is 0 Å². The third-order valence-corrected chi connectivity index (χ3v) is 3.07. The van der Waals surface area contributed by atoms with Crippen LogP contribution in [0.15, 0.2) is 6.33 Å². The van der Waals surface area contributed by atoms with Crippen molar-refractivity contribution in [3.8, 4) is 5.88 Å². The highest BCUT2D eigenvalue weighted by atomic mass is 35.5. The summed E-state index contributed by atoms with van der Waals surface area (Å²) in [6.45, 7) is 9.89. The molecule has 0 N–H and O–H groups in total. The molecule has 0 amide bonds. The zero-order valence-corrected chi connectivity index (χ0v) is 11.5. The molecule has 4 nitrogen and oxygen atoms in total. The first kappa shape index (κ1) is 14.2. The van der Waals surface area contributed by atoms with E-state index in [1.807, 2.05) is 6.92 Å². The number of likely N-dealkylation sites (N-methyl/N-ethyl adjacent to an activating group) is 1. The summed E-state index contributed by atoms with van der Waals surface area (Å²) in [5, 5.41) is 0.486. The number of nitrogens with zero attached hydrogens (tertiary/aromatic N) is 3. The van der Waals surface area contributed by atoms with Crippen LogP contribution in [0.2, 0.25) is 5.15 Å². The zero-order chi connectivity index (χ0) is 12.7. The lowest BCUT2D eigenvalue weighted by atomic mass is 10.2. The average Bonchev–Trinajstić information content (AvgIpc) is 2.35. The minimum atomic E-state index is 0.486. The van der Waals surface area contributed by atoms with Crippen molar-refractivity contribution in [1.29, 1.82) is 0 Å². The molecule has 0 fully saturated rings. The van der Waals surface area contributed by atoms with E-state index in [1.165, 1.54) is 6.33 Å². The van der Waals surface area contributed by atoms with Crippen LogP contribution < -0.4 is 4.74 Å². The minimum absolute atomic E-state index is 0.486. The Labute approximate surface area is 108 Å². The van der Waals surface area contributed by atoms with Crippen LogP contribution in [0.3, 0.4) is 0 Å². The number of hydrogen-bond donors (Lipinski definition) is 0. The first-order valence-electron chi connectivity index (χ1n) is 6.07. The van der Waals surface area contributed by atoms with Gasteiger partial charge in [-0.1, -0.05) is 32.4 Å². The van der Waals surface area contributed by atoms with Gasteiger partial charge in [-0.25, -0.2) is 9.97 Å². The van der Waals surface area contributed by atoms with Gasteiger partial charge in [0.25, 0.3) is 0 Å². The molecule has 0 saturated carbocycles. The largest absolute Gasteiger partial charge is 0.476 e. The highest BCUT2D eigenvalue weighted by Gasteiger charge is 2.09. The van der Waals surface area contributed by atoms with Crippen molar-refractivity contribution in [1.82, 2.24) is 14.9 Å². The summed E-state index contributed by atoms with van der Waals surface area (Å²) in [4.78, 5) is 10.4. The predicted molar refractivity (Wildman–Crippen MR) is 69.7 cm³/mol. The second kappa shape index (κ2) is 7.45. The van der Waals surface area contributed by atoms with Crippen molar-refractivity contribution >= 4 is 11.6 Å². The molecule has 0 bridgehead atoms. The fourth-order valence-corrected chi connectivity index (χ4v) is 1.87. The van der Waals surface area contributed by atoms with E-state index >= 15 is 0 Å². The summed E-state index contributed by atoms with van der Waals surface area (Å²) in [5.74, 6) is 0.611. The lowest BCUT2D eigenvalue weighted by Gasteiger charge is -2.18. The number of ether oxygens (including phenoxy) is 1. The van der Waals surface area contributed by atoms with Crippen LogP contribution in [0.25, 0.3) is 0 Å². The number of hydrogen-bond acceptors (Lipinski definition) is 4. The highest BCUT2D eigenvalue weighted by Crippen LogP contribution is 2.21. The molecular weight excluding hydrogens is 238 g/mol. The molecule has 17 heavy (non-hydrogen) atoms. The Kier molecular flexibility index (Phi) is 6.22. The maximum absolute atomic E-state index is 5.98. The molecule has 96 valence electrons. The van der Waals surface area contributed by atoms with Gasteiger partial charge in [-0.2, -0.15) is 0 Å². The third-order valence-electron chi connectivity index (χ3n) is 2.75. The fraction of sp³-hybridized carbons (Fsp3) is 0.667. The standard InChI is InChI=1S/C12H20ClN3O/c1-4-10-11(13)14-9-15-12(10)17-8-7-16(5-2)6-3/h9H,4-8H2,1-3H3. The Morgan fingerprint density at radius 2 is 1.94 bits per heavy atom. The van der Waals surface area contributed by atoms with E-state index in [-0.39, 0.29) is 0 Å². The van der Waals surface area contributed by atoms with Crippen LogP contribution in [0.5, 0.6) is 5.88 Å². The first-order chi connectivity index (χ1) is 8.22. The molecule has 0 atom stereocenters. The van der Waals surface area contributed by atoms with Crippen LogP contribution in [-0.2, 0) is 6.42 Å². The van der Waals surface area contributed by atoms with Crippen molar-refractivity contribution in [2.45, 2.75) is 27.2 Å². The van der Waals surface area contributed by atoms with Crippen LogP contribution >= 0.6 is 11.6 Å². The maximum Gasteiger partial charge on any atom is 0.221 e. The molecule has 1 heterocycles. The molecule has 5 heteroatoms. The van der Waals surface area contributed by atoms with Gasteiger partial charge in [-0.05, 0) is 19.5 Å². The molecule has 0 aromatic carbocycles. The molecule has 0 radical (unpaired) electrons. The van der Waals surface area contributed by atoms with E-state index in [0.717, 1.165) is 31.6 Å². The molecule has 0 saturated heterocycles. The number of aromatic nitrogens is 2. The fourth-order valence-electron chi connectivity index (χ4n) is 1.61. The van der Waals surface area contributed by atoms with Gasteiger partial charge in [0.15, 0.2) is 0 Å². The van der Waals surface area contributed by atoms with E-state index < -0.39 is 0 Å². The van der Waals surface area contributed by atoms with Gasteiger partial charge in [0.05, 0.1) is 5.56 Å². The number of rotatable bonds is 7. The molecule has 0 aliphatic carbocycles. The van der Waals surface area contributed by atoms with E-state index in [2.05, 4.69) is 28.7 Å². The SMILES string of the molecule is CCc1c(Cl)ncnc1OCCN(CC)CC. The summed E-state index contributed by atoms with van der Waals surface area (Å²) in [7, 11) is 0. The summed E-state index contributed by atoms with van der Waals surface area (Å²) in [6.07, 6.45) is 2.22. The van der Waals surface area contributed by atoms with Gasteiger partial charge in [0.1, 0.15) is 18.1 Å². The lowest BCUT2D eigenvalue weighted by molar-refractivity contribution is 0.216. The second-order valence-corrected chi connectivity index (χ2v) is 4.04. The topological polar surface area (TPSA) is 38.3 Å².